The summed E-state index contributed by atoms with van der Waals surface area (Å²) in [6.07, 6.45) is 1.64. The third-order valence-corrected chi connectivity index (χ3v) is 7.15. The maximum absolute atomic E-state index is 12.4. The number of piperazine rings is 1. The van der Waals surface area contributed by atoms with Crippen LogP contribution in [0.4, 0.5) is 0 Å². The van der Waals surface area contributed by atoms with Crippen LogP contribution >= 0.6 is 11.3 Å². The van der Waals surface area contributed by atoms with Crippen molar-refractivity contribution in [2.24, 2.45) is 0 Å². The molecular formula is C14H22N3O3S2+. The van der Waals surface area contributed by atoms with Crippen LogP contribution in [0, 0.1) is 0 Å². The molecule has 22 heavy (non-hydrogen) atoms. The molecule has 1 atom stereocenters. The first-order valence-electron chi connectivity index (χ1n) is 7.23. The summed E-state index contributed by atoms with van der Waals surface area (Å²) in [6, 6.07) is 3.18. The summed E-state index contributed by atoms with van der Waals surface area (Å²) in [6.45, 7) is 8.04. The van der Waals surface area contributed by atoms with Gasteiger partial charge in [-0.15, -0.1) is 17.9 Å². The number of hydrogen-bond acceptors (Lipinski definition) is 4. The van der Waals surface area contributed by atoms with Gasteiger partial charge in [-0.05, 0) is 18.4 Å². The minimum Gasteiger partial charge on any atom is -0.347 e. The van der Waals surface area contributed by atoms with E-state index in [-0.39, 0.29) is 11.9 Å². The lowest BCUT2D eigenvalue weighted by molar-refractivity contribution is -0.917. The monoisotopic (exact) mass is 344 g/mol. The lowest BCUT2D eigenvalue weighted by Crippen LogP contribution is -3.19. The maximum Gasteiger partial charge on any atom is 0.278 e. The third-order valence-electron chi connectivity index (χ3n) is 3.88. The smallest absolute Gasteiger partial charge is 0.278 e. The molecule has 1 fully saturated rings. The zero-order valence-corrected chi connectivity index (χ0v) is 14.3. The summed E-state index contributed by atoms with van der Waals surface area (Å²) >= 11 is 1.23. The number of carbonyl (C=O) groups is 1. The topological polar surface area (TPSA) is 70.9 Å². The molecule has 1 aromatic heterocycles. The van der Waals surface area contributed by atoms with Crippen molar-refractivity contribution < 1.29 is 18.1 Å². The summed E-state index contributed by atoms with van der Waals surface area (Å²) in [5.74, 6) is -0.0236. The molecule has 2 heterocycles. The minimum atomic E-state index is -3.38. The van der Waals surface area contributed by atoms with Gasteiger partial charge in [0.25, 0.3) is 15.9 Å². The molecule has 0 bridgehead atoms. The number of nitrogens with zero attached hydrogens (tertiary/aromatic N) is 1. The second-order valence-corrected chi connectivity index (χ2v) is 8.36. The molecule has 0 aliphatic carbocycles. The Morgan fingerprint density at radius 2 is 2.23 bits per heavy atom. The van der Waals surface area contributed by atoms with Crippen LogP contribution in [-0.4, -0.2) is 57.4 Å². The van der Waals surface area contributed by atoms with Gasteiger partial charge in [0.1, 0.15) is 4.21 Å². The normalized spacial score (nSPS) is 18.8. The number of hydrogen-bond donors (Lipinski definition) is 2. The van der Waals surface area contributed by atoms with E-state index in [9.17, 15) is 13.2 Å². The Morgan fingerprint density at radius 3 is 2.77 bits per heavy atom. The van der Waals surface area contributed by atoms with Gasteiger partial charge in [0.2, 0.25) is 0 Å². The Kier molecular flexibility index (Phi) is 5.74. The van der Waals surface area contributed by atoms with Crippen LogP contribution in [0.25, 0.3) is 0 Å². The number of amides is 1. The van der Waals surface area contributed by atoms with Crippen molar-refractivity contribution in [3.63, 3.8) is 0 Å². The van der Waals surface area contributed by atoms with Crippen molar-refractivity contribution in [3.8, 4) is 0 Å². The van der Waals surface area contributed by atoms with E-state index in [2.05, 4.69) is 11.9 Å². The molecule has 1 amide bonds. The standard InChI is InChI=1S/C14H21N3O3S2/c1-3-6-15-14(18)12(2)16-7-9-17(10-8-16)22(19,20)13-5-4-11-21-13/h3-5,11-12H,1,6-10H2,2H3,(H,15,18)/p+1/t12-/m1/s1. The van der Waals surface area contributed by atoms with Crippen LogP contribution in [0.1, 0.15) is 6.92 Å². The molecule has 122 valence electrons. The minimum absolute atomic E-state index is 0.0236. The predicted octanol–water partition coefficient (Wildman–Crippen LogP) is -0.672. The molecular weight excluding hydrogens is 322 g/mol. The molecule has 2 rings (SSSR count). The van der Waals surface area contributed by atoms with Gasteiger partial charge in [-0.2, -0.15) is 4.31 Å². The average molecular weight is 344 g/mol. The van der Waals surface area contributed by atoms with Gasteiger partial charge in [0.15, 0.2) is 6.04 Å². The first-order valence-corrected chi connectivity index (χ1v) is 9.55. The van der Waals surface area contributed by atoms with E-state index >= 15 is 0 Å². The van der Waals surface area contributed by atoms with Crippen molar-refractivity contribution in [1.29, 1.82) is 0 Å². The Balaban J connectivity index is 1.93. The van der Waals surface area contributed by atoms with E-state index in [0.29, 0.717) is 36.9 Å². The molecule has 6 nitrogen and oxygen atoms in total. The molecule has 0 spiro atoms. The number of rotatable bonds is 6. The summed E-state index contributed by atoms with van der Waals surface area (Å²) in [5.41, 5.74) is 0. The second-order valence-electron chi connectivity index (χ2n) is 5.25. The number of sulfonamides is 1. The third kappa shape index (κ3) is 3.75. The Labute approximate surface area is 135 Å². The number of quaternary nitrogens is 1. The highest BCUT2D eigenvalue weighted by Gasteiger charge is 2.34. The molecule has 1 aliphatic heterocycles. The van der Waals surface area contributed by atoms with Crippen LogP contribution in [0.2, 0.25) is 0 Å². The Hall–Kier alpha value is -1.22. The van der Waals surface area contributed by atoms with Crippen molar-refractivity contribution in [1.82, 2.24) is 9.62 Å². The summed E-state index contributed by atoms with van der Waals surface area (Å²) in [4.78, 5) is 13.1. The summed E-state index contributed by atoms with van der Waals surface area (Å²) < 4.78 is 26.8. The number of nitrogens with one attached hydrogen (secondary N) is 2. The van der Waals surface area contributed by atoms with Crippen LogP contribution < -0.4 is 10.2 Å². The van der Waals surface area contributed by atoms with Crippen LogP contribution in [0.3, 0.4) is 0 Å². The second kappa shape index (κ2) is 7.36. The van der Waals surface area contributed by atoms with Gasteiger partial charge in [0, 0.05) is 6.54 Å². The van der Waals surface area contributed by atoms with Crippen LogP contribution in [-0.2, 0) is 14.8 Å². The summed E-state index contributed by atoms with van der Waals surface area (Å²) in [7, 11) is -3.38. The molecule has 0 radical (unpaired) electrons. The van der Waals surface area contributed by atoms with E-state index in [1.54, 1.807) is 23.6 Å². The fraction of sp³-hybridized carbons (Fsp3) is 0.500. The van der Waals surface area contributed by atoms with Crippen molar-refractivity contribution in [2.75, 3.05) is 32.7 Å². The zero-order chi connectivity index (χ0) is 16.2. The summed E-state index contributed by atoms with van der Waals surface area (Å²) in [5, 5.41) is 4.55. The number of thiophene rings is 1. The Morgan fingerprint density at radius 1 is 1.55 bits per heavy atom. The van der Waals surface area contributed by atoms with Gasteiger partial charge >= 0.3 is 0 Å². The molecule has 0 unspecified atom stereocenters. The van der Waals surface area contributed by atoms with E-state index < -0.39 is 10.0 Å². The SMILES string of the molecule is C=CCNC(=O)[C@@H](C)[NH+]1CCN(S(=O)(=O)c2cccs2)CC1. The molecule has 1 aromatic rings. The molecule has 8 heteroatoms. The van der Waals surface area contributed by atoms with E-state index in [0.717, 1.165) is 4.90 Å². The van der Waals surface area contributed by atoms with E-state index in [1.165, 1.54) is 15.6 Å². The van der Waals surface area contributed by atoms with Crippen molar-refractivity contribution >= 4 is 27.3 Å². The average Bonchev–Trinajstić information content (AvgIpc) is 3.07. The van der Waals surface area contributed by atoms with Gasteiger partial charge in [-0.1, -0.05) is 12.1 Å². The fourth-order valence-corrected chi connectivity index (χ4v) is 5.08. The quantitative estimate of drug-likeness (QED) is 0.673. The molecule has 0 saturated carbocycles. The van der Waals surface area contributed by atoms with Gasteiger partial charge in [-0.3, -0.25) is 4.79 Å². The molecule has 2 N–H and O–H groups in total. The highest BCUT2D eigenvalue weighted by molar-refractivity contribution is 7.91. The number of carbonyl (C=O) groups excluding carboxylic acids is 1. The maximum atomic E-state index is 12.4. The highest BCUT2D eigenvalue weighted by atomic mass is 32.2. The molecule has 1 saturated heterocycles. The molecule has 0 aromatic carbocycles. The lowest BCUT2D eigenvalue weighted by Gasteiger charge is -2.33. The first-order chi connectivity index (χ1) is 10.5. The lowest BCUT2D eigenvalue weighted by atomic mass is 10.2. The first kappa shape index (κ1) is 17.1. The zero-order valence-electron chi connectivity index (χ0n) is 12.6. The van der Waals surface area contributed by atoms with Crippen molar-refractivity contribution in [3.05, 3.63) is 30.2 Å². The van der Waals surface area contributed by atoms with Gasteiger partial charge < -0.3 is 10.2 Å². The van der Waals surface area contributed by atoms with Crippen LogP contribution in [0.5, 0.6) is 0 Å². The van der Waals surface area contributed by atoms with Crippen LogP contribution in [0.15, 0.2) is 34.4 Å². The highest BCUT2D eigenvalue weighted by Crippen LogP contribution is 2.20. The Bertz CT molecular complexity index is 605. The van der Waals surface area contributed by atoms with E-state index in [4.69, 9.17) is 0 Å². The van der Waals surface area contributed by atoms with Gasteiger partial charge in [0.05, 0.1) is 26.2 Å². The molecule has 1 aliphatic rings. The fourth-order valence-electron chi connectivity index (χ4n) is 2.50. The van der Waals surface area contributed by atoms with Crippen molar-refractivity contribution in [2.45, 2.75) is 17.2 Å². The van der Waals surface area contributed by atoms with E-state index in [1.807, 2.05) is 6.92 Å². The largest absolute Gasteiger partial charge is 0.347 e. The predicted molar refractivity (Wildman–Crippen MR) is 86.4 cm³/mol. The van der Waals surface area contributed by atoms with Gasteiger partial charge in [-0.25, -0.2) is 8.42 Å².